The highest BCUT2D eigenvalue weighted by molar-refractivity contribution is 6.52. The Morgan fingerprint density at radius 3 is 2.80 bits per heavy atom. The summed E-state index contributed by atoms with van der Waals surface area (Å²) in [6.07, 6.45) is 1.58. The van der Waals surface area contributed by atoms with Crippen LogP contribution in [0.3, 0.4) is 0 Å². The van der Waals surface area contributed by atoms with Crippen molar-refractivity contribution in [1.29, 1.82) is 0 Å². The van der Waals surface area contributed by atoms with Gasteiger partial charge in [0.05, 0.1) is 5.36 Å². The molecule has 1 aromatic carbocycles. The summed E-state index contributed by atoms with van der Waals surface area (Å²) < 4.78 is 0. The second-order valence-corrected chi connectivity index (χ2v) is 3.14. The zero-order chi connectivity index (χ0) is 10.8. The van der Waals surface area contributed by atoms with E-state index in [1.807, 2.05) is 12.1 Å². The van der Waals surface area contributed by atoms with Gasteiger partial charge in [-0.25, -0.2) is 9.98 Å². The van der Waals surface area contributed by atoms with Crippen molar-refractivity contribution in [2.75, 3.05) is 0 Å². The first-order chi connectivity index (χ1) is 7.16. The van der Waals surface area contributed by atoms with Crippen molar-refractivity contribution in [2.45, 2.75) is 6.92 Å². The summed E-state index contributed by atoms with van der Waals surface area (Å²) in [6, 6.07) is 7.21. The van der Waals surface area contributed by atoms with E-state index in [0.717, 1.165) is 5.22 Å². The molecule has 1 heterocycles. The molecule has 15 heavy (non-hydrogen) atoms. The lowest BCUT2D eigenvalue weighted by Crippen LogP contribution is -2.33. The van der Waals surface area contributed by atoms with Gasteiger partial charge >= 0.3 is 0 Å². The molecule has 0 spiro atoms. The van der Waals surface area contributed by atoms with E-state index in [0.29, 0.717) is 5.36 Å². The molecule has 0 saturated heterocycles. The van der Waals surface area contributed by atoms with Gasteiger partial charge in [0.25, 0.3) is 5.91 Å². The molecule has 4 heteroatoms. The summed E-state index contributed by atoms with van der Waals surface area (Å²) in [4.78, 5) is 29.6. The molecule has 0 N–H and O–H groups in total. The van der Waals surface area contributed by atoms with Gasteiger partial charge in [-0.3, -0.25) is 9.59 Å². The third-order valence-electron chi connectivity index (χ3n) is 1.95. The molecule has 1 aliphatic heterocycles. The number of amides is 2. The monoisotopic (exact) mass is 200 g/mol. The number of carbonyl (C=O) groups is 2. The molecule has 2 amide bonds. The van der Waals surface area contributed by atoms with E-state index in [4.69, 9.17) is 0 Å². The Morgan fingerprint density at radius 2 is 2.07 bits per heavy atom. The molecule has 1 aliphatic rings. The van der Waals surface area contributed by atoms with Crippen LogP contribution in [0, 0.1) is 0 Å². The number of carbonyl (C=O) groups excluding carboxylic acids is 2. The van der Waals surface area contributed by atoms with Gasteiger partial charge < -0.3 is 0 Å². The normalized spacial score (nSPS) is 16.6. The van der Waals surface area contributed by atoms with E-state index in [2.05, 4.69) is 9.98 Å². The number of fused-ring (bicyclic) bond motifs is 1. The van der Waals surface area contributed by atoms with Crippen LogP contribution in [0.2, 0.25) is 0 Å². The minimum absolute atomic E-state index is 0.0983. The van der Waals surface area contributed by atoms with Gasteiger partial charge in [0, 0.05) is 12.1 Å². The molecule has 2 rings (SSSR count). The number of rotatable bonds is 0. The van der Waals surface area contributed by atoms with Gasteiger partial charge in [-0.2, -0.15) is 0 Å². The van der Waals surface area contributed by atoms with Gasteiger partial charge in [0.15, 0.2) is 0 Å². The highest BCUT2D eigenvalue weighted by Crippen LogP contribution is 1.91. The zero-order valence-corrected chi connectivity index (χ0v) is 8.10. The first-order valence-corrected chi connectivity index (χ1v) is 4.46. The van der Waals surface area contributed by atoms with Gasteiger partial charge in [-0.1, -0.05) is 18.2 Å². The Labute approximate surface area is 85.7 Å². The van der Waals surface area contributed by atoms with Gasteiger partial charge in [-0.15, -0.1) is 0 Å². The fourth-order valence-corrected chi connectivity index (χ4v) is 1.34. The first-order valence-electron chi connectivity index (χ1n) is 4.46. The second-order valence-electron chi connectivity index (χ2n) is 3.14. The third-order valence-corrected chi connectivity index (χ3v) is 1.95. The maximum Gasteiger partial charge on any atom is 0.296 e. The van der Waals surface area contributed by atoms with Crippen molar-refractivity contribution < 1.29 is 9.59 Å². The van der Waals surface area contributed by atoms with Crippen molar-refractivity contribution in [3.05, 3.63) is 34.8 Å². The van der Waals surface area contributed by atoms with Crippen molar-refractivity contribution in [3.8, 4) is 0 Å². The van der Waals surface area contributed by atoms with Crippen LogP contribution in [0.1, 0.15) is 6.92 Å². The predicted octanol–water partition coefficient (Wildman–Crippen LogP) is -0.386. The molecule has 1 aromatic rings. The molecular weight excluding hydrogens is 192 g/mol. The number of nitrogens with zero attached hydrogens (tertiary/aromatic N) is 2. The summed E-state index contributed by atoms with van der Waals surface area (Å²) in [5.41, 5.74) is 0.0983. The van der Waals surface area contributed by atoms with E-state index in [1.54, 1.807) is 18.2 Å². The van der Waals surface area contributed by atoms with Crippen LogP contribution in [-0.4, -0.2) is 17.5 Å². The third kappa shape index (κ3) is 1.88. The minimum Gasteiger partial charge on any atom is -0.273 e. The standard InChI is InChI=1S/C11H8N2O2/c1-7(14)12-10-6-8-4-2-3-5-9(8)13-11(10)15/h2-6H,1H3. The van der Waals surface area contributed by atoms with Crippen molar-refractivity contribution >= 4 is 23.6 Å². The van der Waals surface area contributed by atoms with Crippen LogP contribution in [0.25, 0.3) is 6.08 Å². The Hall–Kier alpha value is -2.10. The second kappa shape index (κ2) is 3.57. The van der Waals surface area contributed by atoms with Crippen LogP contribution in [-0.2, 0) is 9.59 Å². The summed E-state index contributed by atoms with van der Waals surface area (Å²) in [5.74, 6) is -0.868. The Morgan fingerprint density at radius 1 is 1.33 bits per heavy atom. The summed E-state index contributed by atoms with van der Waals surface area (Å²) in [7, 11) is 0. The van der Waals surface area contributed by atoms with Crippen molar-refractivity contribution in [3.63, 3.8) is 0 Å². The molecular formula is C11H8N2O2. The van der Waals surface area contributed by atoms with Crippen LogP contribution in [0.5, 0.6) is 0 Å². The summed E-state index contributed by atoms with van der Waals surface area (Å²) >= 11 is 0. The van der Waals surface area contributed by atoms with Gasteiger partial charge in [0.1, 0.15) is 5.71 Å². The Balaban J connectivity index is 2.67. The fourth-order valence-electron chi connectivity index (χ4n) is 1.34. The fraction of sp³-hybridized carbons (Fsp3) is 0.0909. The molecule has 0 fully saturated rings. The Kier molecular flexibility index (Phi) is 2.25. The number of benzene rings is 1. The number of hydrogen-bond acceptors (Lipinski definition) is 2. The highest BCUT2D eigenvalue weighted by Gasteiger charge is 2.11. The molecule has 0 atom stereocenters. The average Bonchev–Trinajstić information content (AvgIpc) is 2.18. The average molecular weight is 200 g/mol. The van der Waals surface area contributed by atoms with Crippen molar-refractivity contribution in [1.82, 2.24) is 0 Å². The highest BCUT2D eigenvalue weighted by atomic mass is 16.2. The topological polar surface area (TPSA) is 58.9 Å². The van der Waals surface area contributed by atoms with Crippen LogP contribution in [0.15, 0.2) is 34.3 Å². The van der Waals surface area contributed by atoms with Crippen LogP contribution < -0.4 is 10.6 Å². The SMILES string of the molecule is CC(=O)N=C1C=c2ccccc2=NC1=O. The van der Waals surface area contributed by atoms with Crippen molar-refractivity contribution in [2.24, 2.45) is 9.98 Å². The minimum atomic E-state index is -0.469. The summed E-state index contributed by atoms with van der Waals surface area (Å²) in [6.45, 7) is 1.30. The van der Waals surface area contributed by atoms with Crippen LogP contribution >= 0.6 is 0 Å². The molecule has 0 saturated carbocycles. The summed E-state index contributed by atoms with van der Waals surface area (Å²) in [5, 5.41) is 1.42. The Bertz CT molecular complexity index is 585. The van der Waals surface area contributed by atoms with E-state index < -0.39 is 11.8 Å². The first kappa shape index (κ1) is 9.45. The smallest absolute Gasteiger partial charge is 0.273 e. The van der Waals surface area contributed by atoms with E-state index in [9.17, 15) is 9.59 Å². The van der Waals surface area contributed by atoms with E-state index in [-0.39, 0.29) is 5.71 Å². The largest absolute Gasteiger partial charge is 0.296 e. The molecule has 0 aromatic heterocycles. The molecule has 0 aliphatic carbocycles. The lowest BCUT2D eigenvalue weighted by molar-refractivity contribution is -0.116. The molecule has 0 radical (unpaired) electrons. The zero-order valence-electron chi connectivity index (χ0n) is 8.10. The molecule has 74 valence electrons. The number of hydrogen-bond donors (Lipinski definition) is 0. The maximum absolute atomic E-state index is 11.4. The number of para-hydroxylation sites is 1. The lowest BCUT2D eigenvalue weighted by atomic mass is 10.2. The number of aliphatic imine (C=N–C) groups is 1. The van der Waals surface area contributed by atoms with Gasteiger partial charge in [-0.05, 0) is 12.1 Å². The van der Waals surface area contributed by atoms with E-state index in [1.165, 1.54) is 6.92 Å². The maximum atomic E-state index is 11.4. The van der Waals surface area contributed by atoms with E-state index >= 15 is 0 Å². The molecule has 0 bridgehead atoms. The lowest BCUT2D eigenvalue weighted by Gasteiger charge is -2.00. The predicted molar refractivity (Wildman–Crippen MR) is 54.8 cm³/mol. The molecule has 4 nitrogen and oxygen atoms in total. The van der Waals surface area contributed by atoms with Gasteiger partial charge in [0.2, 0.25) is 5.91 Å². The molecule has 0 unspecified atom stereocenters. The quantitative estimate of drug-likeness (QED) is 0.573. The van der Waals surface area contributed by atoms with Crippen LogP contribution in [0.4, 0.5) is 0 Å².